The number of aromatic nitrogens is 3. The van der Waals surface area contributed by atoms with Crippen LogP contribution in [-0.4, -0.2) is 37.7 Å². The summed E-state index contributed by atoms with van der Waals surface area (Å²) in [7, 11) is 0. The lowest BCUT2D eigenvalue weighted by Gasteiger charge is -2.03. The van der Waals surface area contributed by atoms with Crippen LogP contribution >= 0.6 is 35.1 Å². The third kappa shape index (κ3) is 6.28. The van der Waals surface area contributed by atoms with Gasteiger partial charge in [-0.3, -0.25) is 9.59 Å². The van der Waals surface area contributed by atoms with Crippen LogP contribution < -0.4 is 10.6 Å². The first-order valence-electron chi connectivity index (χ1n) is 8.23. The van der Waals surface area contributed by atoms with Gasteiger partial charge in [0.2, 0.25) is 11.8 Å². The fraction of sp³-hybridized carbons (Fsp3) is 0.111. The number of hydrogen-bond acceptors (Lipinski definition) is 9. The quantitative estimate of drug-likeness (QED) is 0.510. The molecule has 0 atom stereocenters. The number of nitrogens with zero attached hydrogens (tertiary/aromatic N) is 4. The standard InChI is InChI=1S/C18H14N6O2S3/c19-9-12-17(27-10-15(25)22-13-5-1-3-7-20-13)24-29-18(12)28-11-16(26)23-14-6-2-4-8-21-14/h1-8H,10-11H2,(H,20,22,25)(H,21,23,26). The van der Waals surface area contributed by atoms with Gasteiger partial charge in [0.15, 0.2) is 0 Å². The van der Waals surface area contributed by atoms with Gasteiger partial charge in [-0.05, 0) is 35.8 Å². The zero-order valence-corrected chi connectivity index (χ0v) is 17.3. The number of anilines is 2. The van der Waals surface area contributed by atoms with E-state index in [2.05, 4.69) is 31.0 Å². The smallest absolute Gasteiger partial charge is 0.235 e. The molecule has 3 rings (SSSR count). The number of rotatable bonds is 8. The number of carbonyl (C=O) groups is 2. The summed E-state index contributed by atoms with van der Waals surface area (Å²) in [5.74, 6) is 0.686. The molecule has 3 heterocycles. The van der Waals surface area contributed by atoms with Gasteiger partial charge >= 0.3 is 0 Å². The lowest BCUT2D eigenvalue weighted by atomic mass is 10.4. The molecule has 0 aliphatic heterocycles. The van der Waals surface area contributed by atoms with Gasteiger partial charge in [-0.1, -0.05) is 23.9 Å². The van der Waals surface area contributed by atoms with Crippen LogP contribution in [0.5, 0.6) is 0 Å². The summed E-state index contributed by atoms with van der Waals surface area (Å²) in [6.45, 7) is 0. The summed E-state index contributed by atoms with van der Waals surface area (Å²) < 4.78 is 4.89. The third-order valence-corrected chi connectivity index (χ3v) is 6.47. The average Bonchev–Trinajstić information content (AvgIpc) is 3.14. The highest BCUT2D eigenvalue weighted by molar-refractivity contribution is 8.02. The first-order chi connectivity index (χ1) is 14.2. The van der Waals surface area contributed by atoms with Gasteiger partial charge in [-0.25, -0.2) is 9.97 Å². The Kier molecular flexibility index (Phi) is 7.57. The minimum absolute atomic E-state index is 0.0965. The van der Waals surface area contributed by atoms with E-state index in [1.165, 1.54) is 23.5 Å². The largest absolute Gasteiger partial charge is 0.310 e. The van der Waals surface area contributed by atoms with Crippen molar-refractivity contribution in [2.75, 3.05) is 22.1 Å². The van der Waals surface area contributed by atoms with Crippen molar-refractivity contribution >= 4 is 58.5 Å². The molecule has 0 radical (unpaired) electrons. The Morgan fingerprint density at radius 2 is 1.55 bits per heavy atom. The maximum Gasteiger partial charge on any atom is 0.235 e. The van der Waals surface area contributed by atoms with Gasteiger partial charge in [0.1, 0.15) is 32.5 Å². The van der Waals surface area contributed by atoms with E-state index in [9.17, 15) is 14.9 Å². The fourth-order valence-corrected chi connectivity index (χ4v) is 4.74. The second-order valence-corrected chi connectivity index (χ2v) is 8.35. The number of hydrogen-bond donors (Lipinski definition) is 2. The molecule has 3 aromatic heterocycles. The number of amides is 2. The Morgan fingerprint density at radius 3 is 2.07 bits per heavy atom. The molecule has 2 N–H and O–H groups in total. The van der Waals surface area contributed by atoms with E-state index in [4.69, 9.17) is 0 Å². The predicted octanol–water partition coefficient (Wildman–Crippen LogP) is 3.27. The molecule has 0 saturated carbocycles. The molecule has 0 saturated heterocycles. The Bertz CT molecular complexity index is 946. The molecule has 0 spiro atoms. The van der Waals surface area contributed by atoms with Crippen molar-refractivity contribution in [2.24, 2.45) is 0 Å². The predicted molar refractivity (Wildman–Crippen MR) is 114 cm³/mol. The van der Waals surface area contributed by atoms with Crippen molar-refractivity contribution in [3.63, 3.8) is 0 Å². The number of carbonyl (C=O) groups excluding carboxylic acids is 2. The van der Waals surface area contributed by atoms with E-state index in [0.717, 1.165) is 11.5 Å². The van der Waals surface area contributed by atoms with Crippen molar-refractivity contribution in [1.82, 2.24) is 14.3 Å². The van der Waals surface area contributed by atoms with Crippen molar-refractivity contribution in [3.8, 4) is 6.07 Å². The van der Waals surface area contributed by atoms with E-state index in [1.807, 2.05) is 0 Å². The van der Waals surface area contributed by atoms with Crippen LogP contribution in [0.2, 0.25) is 0 Å². The SMILES string of the molecule is N#Cc1c(SCC(=O)Nc2ccccn2)nsc1SCC(=O)Nc1ccccn1. The van der Waals surface area contributed by atoms with Crippen LogP contribution in [0, 0.1) is 11.3 Å². The second-order valence-electron chi connectivity index (χ2n) is 5.37. The number of nitriles is 1. The number of thioether (sulfide) groups is 2. The van der Waals surface area contributed by atoms with E-state index in [0.29, 0.717) is 26.4 Å². The minimum atomic E-state index is -0.241. The van der Waals surface area contributed by atoms with Crippen molar-refractivity contribution < 1.29 is 9.59 Å². The Balaban J connectivity index is 1.52. The monoisotopic (exact) mass is 442 g/mol. The van der Waals surface area contributed by atoms with Crippen LogP contribution in [0.25, 0.3) is 0 Å². The molecule has 0 bridgehead atoms. The fourth-order valence-electron chi connectivity index (χ4n) is 2.05. The molecule has 29 heavy (non-hydrogen) atoms. The summed E-state index contributed by atoms with van der Waals surface area (Å²) in [5.41, 5.74) is 0.376. The van der Waals surface area contributed by atoms with Crippen LogP contribution in [0.15, 0.2) is 58.0 Å². The minimum Gasteiger partial charge on any atom is -0.310 e. The summed E-state index contributed by atoms with van der Waals surface area (Å²) in [4.78, 5) is 32.1. The maximum absolute atomic E-state index is 12.0. The van der Waals surface area contributed by atoms with Crippen LogP contribution in [0.1, 0.15) is 5.56 Å². The first-order valence-corrected chi connectivity index (χ1v) is 11.0. The zero-order valence-electron chi connectivity index (χ0n) is 14.9. The molecule has 0 unspecified atom stereocenters. The number of nitrogens with one attached hydrogen (secondary N) is 2. The summed E-state index contributed by atoms with van der Waals surface area (Å²) in [6.07, 6.45) is 3.18. The molecule has 2 amide bonds. The maximum atomic E-state index is 12.0. The Hall–Kier alpha value is -2.94. The molecule has 146 valence electrons. The van der Waals surface area contributed by atoms with Gasteiger partial charge < -0.3 is 10.6 Å². The molecule has 8 nitrogen and oxygen atoms in total. The lowest BCUT2D eigenvalue weighted by molar-refractivity contribution is -0.114. The highest BCUT2D eigenvalue weighted by Gasteiger charge is 2.17. The third-order valence-electron chi connectivity index (χ3n) is 3.28. The Morgan fingerprint density at radius 1 is 0.966 bits per heavy atom. The highest BCUT2D eigenvalue weighted by atomic mass is 32.2. The number of pyridine rings is 2. The van der Waals surface area contributed by atoms with Crippen LogP contribution in [-0.2, 0) is 9.59 Å². The molecule has 0 aliphatic rings. The van der Waals surface area contributed by atoms with Crippen molar-refractivity contribution in [2.45, 2.75) is 9.24 Å². The molecular weight excluding hydrogens is 428 g/mol. The van der Waals surface area contributed by atoms with Gasteiger partial charge in [0, 0.05) is 12.4 Å². The Labute approximate surface area is 179 Å². The lowest BCUT2D eigenvalue weighted by Crippen LogP contribution is -2.15. The van der Waals surface area contributed by atoms with E-state index >= 15 is 0 Å². The van der Waals surface area contributed by atoms with Gasteiger partial charge in [0.05, 0.1) is 11.5 Å². The van der Waals surface area contributed by atoms with Crippen molar-refractivity contribution in [1.29, 1.82) is 5.26 Å². The molecule has 0 aliphatic carbocycles. The van der Waals surface area contributed by atoms with E-state index < -0.39 is 0 Å². The average molecular weight is 443 g/mol. The van der Waals surface area contributed by atoms with Gasteiger partial charge in [0.25, 0.3) is 0 Å². The van der Waals surface area contributed by atoms with Crippen molar-refractivity contribution in [3.05, 3.63) is 54.4 Å². The van der Waals surface area contributed by atoms with Gasteiger partial charge in [-0.15, -0.1) is 11.8 Å². The zero-order chi connectivity index (χ0) is 20.5. The molecule has 11 heteroatoms. The molecule has 0 fully saturated rings. The van der Waals surface area contributed by atoms with E-state index in [-0.39, 0.29) is 23.3 Å². The van der Waals surface area contributed by atoms with E-state index in [1.54, 1.807) is 48.8 Å². The normalized spacial score (nSPS) is 10.2. The summed E-state index contributed by atoms with van der Waals surface area (Å²) in [5, 5.41) is 15.3. The summed E-state index contributed by atoms with van der Waals surface area (Å²) >= 11 is 3.53. The molecule has 0 aromatic carbocycles. The summed E-state index contributed by atoms with van der Waals surface area (Å²) in [6, 6.07) is 12.6. The second kappa shape index (κ2) is 10.6. The van der Waals surface area contributed by atoms with Crippen LogP contribution in [0.3, 0.4) is 0 Å². The highest BCUT2D eigenvalue weighted by Crippen LogP contribution is 2.34. The first kappa shape index (κ1) is 20.8. The van der Waals surface area contributed by atoms with Gasteiger partial charge in [-0.2, -0.15) is 9.64 Å². The van der Waals surface area contributed by atoms with Crippen LogP contribution in [0.4, 0.5) is 11.6 Å². The molecule has 3 aromatic rings. The molecular formula is C18H14N6O2S3. The topological polar surface area (TPSA) is 121 Å².